The van der Waals surface area contributed by atoms with Crippen molar-refractivity contribution in [2.75, 3.05) is 27.9 Å². The molecule has 0 saturated carbocycles. The van der Waals surface area contributed by atoms with Crippen LogP contribution in [0.4, 0.5) is 4.79 Å². The zero-order valence-corrected chi connectivity index (χ0v) is 24.1. The van der Waals surface area contributed by atoms with Crippen molar-refractivity contribution in [1.82, 2.24) is 15.5 Å². The number of nitrogens with two attached hydrogens (primary N) is 1. The zero-order chi connectivity index (χ0) is 29.0. The number of likely N-dealkylation sites (N-methyl/N-ethyl adjacent to an activating group) is 1. The molecular weight excluding hydrogens is 555 g/mol. The number of halogens is 2. The molecule has 0 spiro atoms. The average Bonchev–Trinajstić information content (AvgIpc) is 3.30. The Morgan fingerprint density at radius 3 is 2.12 bits per heavy atom. The van der Waals surface area contributed by atoms with E-state index >= 15 is 0 Å². The molecule has 0 radical (unpaired) electrons. The third kappa shape index (κ3) is 5.30. The summed E-state index contributed by atoms with van der Waals surface area (Å²) in [7, 11) is 4.44. The number of carbonyl (C=O) groups is 2. The van der Waals surface area contributed by atoms with Crippen molar-refractivity contribution in [3.63, 3.8) is 0 Å². The zero-order valence-electron chi connectivity index (χ0n) is 22.6. The summed E-state index contributed by atoms with van der Waals surface area (Å²) in [6, 6.07) is 17.2. The third-order valence-corrected chi connectivity index (χ3v) is 7.56. The van der Waals surface area contributed by atoms with Crippen LogP contribution < -0.4 is 25.8 Å². The highest BCUT2D eigenvalue weighted by atomic mass is 35.5. The maximum atomic E-state index is 13.9. The standard InChI is InChI=1S/C29H32Cl2N4O5/c1-5-40-23-16-21(38-3)14-15-22(23)29(26(33-2)27(32)36)34-24(17-6-10-19(30)11-7-17)25(35(29)28(37)39-4)18-8-12-20(31)13-9-18/h6-16,24-26,33-34H,5H2,1-4H3,(H2,32,36). The van der Waals surface area contributed by atoms with Gasteiger partial charge in [0.2, 0.25) is 5.91 Å². The molecule has 4 atom stereocenters. The summed E-state index contributed by atoms with van der Waals surface area (Å²) in [6.07, 6.45) is -0.691. The number of carbonyl (C=O) groups excluding carboxylic acids is 2. The van der Waals surface area contributed by atoms with E-state index in [1.54, 1.807) is 56.6 Å². The van der Waals surface area contributed by atoms with Gasteiger partial charge in [-0.15, -0.1) is 0 Å². The van der Waals surface area contributed by atoms with Crippen molar-refractivity contribution in [2.45, 2.75) is 30.7 Å². The Hall–Kier alpha value is -3.50. The Balaban J connectivity index is 2.11. The van der Waals surface area contributed by atoms with Crippen molar-refractivity contribution in [3.05, 3.63) is 93.5 Å². The van der Waals surface area contributed by atoms with Crippen LogP contribution >= 0.6 is 23.2 Å². The molecule has 4 unspecified atom stereocenters. The highest BCUT2D eigenvalue weighted by Gasteiger charge is 2.62. The van der Waals surface area contributed by atoms with Crippen molar-refractivity contribution in [2.24, 2.45) is 5.73 Å². The first-order chi connectivity index (χ1) is 19.2. The van der Waals surface area contributed by atoms with Crippen molar-refractivity contribution in [3.8, 4) is 11.5 Å². The molecule has 3 aromatic rings. The van der Waals surface area contributed by atoms with Gasteiger partial charge in [-0.05, 0) is 61.5 Å². The second-order valence-corrected chi connectivity index (χ2v) is 10.1. The lowest BCUT2D eigenvalue weighted by atomic mass is 9.88. The van der Waals surface area contributed by atoms with Crippen LogP contribution in [0.3, 0.4) is 0 Å². The molecule has 4 N–H and O–H groups in total. The van der Waals surface area contributed by atoms with Gasteiger partial charge in [0.1, 0.15) is 17.5 Å². The molecule has 1 fully saturated rings. The van der Waals surface area contributed by atoms with Gasteiger partial charge >= 0.3 is 6.09 Å². The van der Waals surface area contributed by atoms with E-state index in [0.717, 1.165) is 11.1 Å². The van der Waals surface area contributed by atoms with Crippen LogP contribution in [-0.2, 0) is 15.2 Å². The Morgan fingerprint density at radius 2 is 1.62 bits per heavy atom. The lowest BCUT2D eigenvalue weighted by Crippen LogP contribution is -2.66. The summed E-state index contributed by atoms with van der Waals surface area (Å²) in [5, 5.41) is 7.75. The fraction of sp³-hybridized carbons (Fsp3) is 0.310. The summed E-state index contributed by atoms with van der Waals surface area (Å²) in [4.78, 5) is 28.6. The Labute approximate surface area is 243 Å². The van der Waals surface area contributed by atoms with Gasteiger partial charge in [-0.1, -0.05) is 47.5 Å². The van der Waals surface area contributed by atoms with E-state index in [4.69, 9.17) is 43.1 Å². The number of benzene rings is 3. The van der Waals surface area contributed by atoms with E-state index in [1.807, 2.05) is 31.2 Å². The number of methoxy groups -OCH3 is 2. The van der Waals surface area contributed by atoms with Crippen molar-refractivity contribution in [1.29, 1.82) is 0 Å². The van der Waals surface area contributed by atoms with Gasteiger partial charge in [-0.3, -0.25) is 15.0 Å². The maximum Gasteiger partial charge on any atom is 0.411 e. The number of rotatable bonds is 9. The largest absolute Gasteiger partial charge is 0.497 e. The quantitative estimate of drug-likeness (QED) is 0.330. The first-order valence-electron chi connectivity index (χ1n) is 12.7. The Bertz CT molecular complexity index is 1360. The fourth-order valence-corrected chi connectivity index (χ4v) is 5.66. The number of hydrogen-bond donors (Lipinski definition) is 3. The van der Waals surface area contributed by atoms with Crippen LogP contribution in [0.1, 0.15) is 35.7 Å². The highest BCUT2D eigenvalue weighted by Crippen LogP contribution is 2.53. The monoisotopic (exact) mass is 586 g/mol. The van der Waals surface area contributed by atoms with Crippen LogP contribution in [-0.4, -0.2) is 50.8 Å². The summed E-state index contributed by atoms with van der Waals surface area (Å²) in [5.74, 6) is 0.235. The topological polar surface area (TPSA) is 115 Å². The van der Waals surface area contributed by atoms with Gasteiger partial charge in [0.25, 0.3) is 0 Å². The number of nitrogens with one attached hydrogen (secondary N) is 2. The Kier molecular flexibility index (Phi) is 9.10. The van der Waals surface area contributed by atoms with E-state index in [0.29, 0.717) is 33.7 Å². The Morgan fingerprint density at radius 1 is 1.02 bits per heavy atom. The van der Waals surface area contributed by atoms with Crippen LogP contribution in [0.2, 0.25) is 10.0 Å². The van der Waals surface area contributed by atoms with Crippen molar-refractivity contribution >= 4 is 35.2 Å². The normalized spacial score (nSPS) is 21.1. The molecule has 3 aromatic carbocycles. The van der Waals surface area contributed by atoms with Crippen LogP contribution in [0, 0.1) is 0 Å². The SMILES string of the molecule is CCOc1cc(OC)ccc1C1(C(NC)C(N)=O)NC(c2ccc(Cl)cc2)C(c2ccc(Cl)cc2)N1C(=O)OC. The minimum atomic E-state index is -1.58. The smallest absolute Gasteiger partial charge is 0.411 e. The number of hydrogen-bond acceptors (Lipinski definition) is 7. The fourth-order valence-electron chi connectivity index (χ4n) is 5.41. The molecule has 2 amide bonds. The molecule has 1 heterocycles. The molecule has 0 aliphatic carbocycles. The number of primary amides is 1. The molecule has 1 aliphatic rings. The minimum absolute atomic E-state index is 0.316. The first kappa shape index (κ1) is 29.5. The predicted molar refractivity (Wildman–Crippen MR) is 154 cm³/mol. The molecule has 4 rings (SSSR count). The molecular formula is C29H32Cl2N4O5. The summed E-state index contributed by atoms with van der Waals surface area (Å²) in [5.41, 5.74) is 6.47. The van der Waals surface area contributed by atoms with Gasteiger partial charge in [0.05, 0.1) is 32.9 Å². The number of ether oxygens (including phenoxy) is 3. The van der Waals surface area contributed by atoms with Gasteiger partial charge in [-0.25, -0.2) is 4.79 Å². The minimum Gasteiger partial charge on any atom is -0.497 e. The molecule has 0 aromatic heterocycles. The van der Waals surface area contributed by atoms with E-state index in [2.05, 4.69) is 10.6 Å². The average molecular weight is 588 g/mol. The van der Waals surface area contributed by atoms with Gasteiger partial charge in [0.15, 0.2) is 5.66 Å². The molecule has 1 aliphatic heterocycles. The third-order valence-electron chi connectivity index (χ3n) is 7.05. The van der Waals surface area contributed by atoms with Gasteiger partial charge in [-0.2, -0.15) is 0 Å². The van der Waals surface area contributed by atoms with E-state index < -0.39 is 35.8 Å². The summed E-state index contributed by atoms with van der Waals surface area (Å²) < 4.78 is 16.9. The second kappa shape index (κ2) is 12.3. The van der Waals surface area contributed by atoms with Crippen LogP contribution in [0.5, 0.6) is 11.5 Å². The molecule has 212 valence electrons. The molecule has 40 heavy (non-hydrogen) atoms. The lowest BCUT2D eigenvalue weighted by molar-refractivity contribution is -0.124. The maximum absolute atomic E-state index is 13.9. The lowest BCUT2D eigenvalue weighted by Gasteiger charge is -2.44. The molecule has 11 heteroatoms. The highest BCUT2D eigenvalue weighted by molar-refractivity contribution is 6.30. The number of amides is 2. The van der Waals surface area contributed by atoms with Gasteiger partial charge < -0.3 is 25.3 Å². The van der Waals surface area contributed by atoms with E-state index in [9.17, 15) is 9.59 Å². The summed E-state index contributed by atoms with van der Waals surface area (Å²) in [6.45, 7) is 2.16. The van der Waals surface area contributed by atoms with Crippen LogP contribution in [0.25, 0.3) is 0 Å². The van der Waals surface area contributed by atoms with Gasteiger partial charge in [0, 0.05) is 21.7 Å². The molecule has 1 saturated heterocycles. The second-order valence-electron chi connectivity index (χ2n) is 9.20. The first-order valence-corrected chi connectivity index (χ1v) is 13.4. The molecule has 9 nitrogen and oxygen atoms in total. The predicted octanol–water partition coefficient (Wildman–Crippen LogP) is 4.78. The summed E-state index contributed by atoms with van der Waals surface area (Å²) >= 11 is 12.5. The van der Waals surface area contributed by atoms with E-state index in [1.165, 1.54) is 12.0 Å². The van der Waals surface area contributed by atoms with E-state index in [-0.39, 0.29) is 0 Å². The van der Waals surface area contributed by atoms with Crippen LogP contribution in [0.15, 0.2) is 66.7 Å². The molecule has 0 bridgehead atoms. The number of nitrogens with zero attached hydrogens (tertiary/aromatic N) is 1. The van der Waals surface area contributed by atoms with Crippen molar-refractivity contribution < 1.29 is 23.8 Å².